The van der Waals surface area contributed by atoms with E-state index in [-0.39, 0.29) is 23.6 Å². The van der Waals surface area contributed by atoms with Gasteiger partial charge in [-0.2, -0.15) is 0 Å². The summed E-state index contributed by atoms with van der Waals surface area (Å²) in [6.45, 7) is 4.55. The standard InChI is InChI=1S/C16H24O3/c1-3-5-7-8-14-13(9-10-15(14)17)12-16(18)19-11-6-4-2/h13-14H,3-4,6,8-12H2,1-2H3. The van der Waals surface area contributed by atoms with Gasteiger partial charge in [-0.25, -0.2) is 0 Å². The molecule has 3 heteroatoms. The zero-order chi connectivity index (χ0) is 14.1. The zero-order valence-corrected chi connectivity index (χ0v) is 12.0. The van der Waals surface area contributed by atoms with E-state index in [0.717, 1.165) is 25.7 Å². The van der Waals surface area contributed by atoms with E-state index in [1.54, 1.807) is 0 Å². The molecule has 1 fully saturated rings. The summed E-state index contributed by atoms with van der Waals surface area (Å²) in [7, 11) is 0. The van der Waals surface area contributed by atoms with E-state index >= 15 is 0 Å². The summed E-state index contributed by atoms with van der Waals surface area (Å²) in [4.78, 5) is 23.5. The van der Waals surface area contributed by atoms with Gasteiger partial charge in [0, 0.05) is 31.6 Å². The molecular formula is C16H24O3. The fourth-order valence-corrected chi connectivity index (χ4v) is 2.41. The van der Waals surface area contributed by atoms with Gasteiger partial charge in [0.25, 0.3) is 0 Å². The van der Waals surface area contributed by atoms with Gasteiger partial charge in [-0.1, -0.05) is 20.3 Å². The van der Waals surface area contributed by atoms with Crippen molar-refractivity contribution >= 4 is 11.8 Å². The average molecular weight is 264 g/mol. The number of ether oxygens (including phenoxy) is 1. The van der Waals surface area contributed by atoms with E-state index < -0.39 is 0 Å². The zero-order valence-electron chi connectivity index (χ0n) is 12.0. The van der Waals surface area contributed by atoms with Crippen molar-refractivity contribution in [2.75, 3.05) is 6.61 Å². The Labute approximate surface area is 116 Å². The summed E-state index contributed by atoms with van der Waals surface area (Å²) >= 11 is 0. The van der Waals surface area contributed by atoms with Crippen LogP contribution in [0.2, 0.25) is 0 Å². The molecule has 1 saturated carbocycles. The number of unbranched alkanes of at least 4 members (excludes halogenated alkanes) is 1. The van der Waals surface area contributed by atoms with Gasteiger partial charge >= 0.3 is 5.97 Å². The van der Waals surface area contributed by atoms with Gasteiger partial charge in [0.1, 0.15) is 5.78 Å². The van der Waals surface area contributed by atoms with Crippen LogP contribution in [0.25, 0.3) is 0 Å². The van der Waals surface area contributed by atoms with Crippen molar-refractivity contribution in [1.29, 1.82) is 0 Å². The van der Waals surface area contributed by atoms with Crippen LogP contribution in [0.15, 0.2) is 0 Å². The Balaban J connectivity index is 2.42. The van der Waals surface area contributed by atoms with Gasteiger partial charge in [-0.3, -0.25) is 9.59 Å². The Bertz CT molecular complexity index is 362. The molecular weight excluding hydrogens is 240 g/mol. The van der Waals surface area contributed by atoms with Crippen molar-refractivity contribution in [3.63, 3.8) is 0 Å². The molecule has 0 bridgehead atoms. The minimum absolute atomic E-state index is 0.0576. The van der Waals surface area contributed by atoms with E-state index in [1.165, 1.54) is 0 Å². The fourth-order valence-electron chi connectivity index (χ4n) is 2.41. The number of carbonyl (C=O) groups excluding carboxylic acids is 2. The van der Waals surface area contributed by atoms with Gasteiger partial charge in [-0.05, 0) is 18.8 Å². The maximum atomic E-state index is 11.8. The quantitative estimate of drug-likeness (QED) is 0.420. The lowest BCUT2D eigenvalue weighted by Crippen LogP contribution is -2.19. The molecule has 0 radical (unpaired) electrons. The molecule has 0 heterocycles. The molecule has 0 aromatic rings. The van der Waals surface area contributed by atoms with E-state index in [2.05, 4.69) is 18.8 Å². The van der Waals surface area contributed by atoms with Crippen LogP contribution in [0, 0.1) is 23.7 Å². The molecule has 0 saturated heterocycles. The second-order valence-corrected chi connectivity index (χ2v) is 5.06. The molecule has 0 spiro atoms. The third kappa shape index (κ3) is 5.46. The number of carbonyl (C=O) groups is 2. The lowest BCUT2D eigenvalue weighted by atomic mass is 9.90. The maximum absolute atomic E-state index is 11.8. The Morgan fingerprint density at radius 3 is 2.84 bits per heavy atom. The highest BCUT2D eigenvalue weighted by atomic mass is 16.5. The first-order valence-electron chi connectivity index (χ1n) is 7.33. The molecule has 1 rings (SSSR count). The van der Waals surface area contributed by atoms with Gasteiger partial charge in [-0.15, -0.1) is 11.8 Å². The normalized spacial score (nSPS) is 21.9. The van der Waals surface area contributed by atoms with Crippen molar-refractivity contribution in [3.8, 4) is 11.8 Å². The molecule has 3 nitrogen and oxygen atoms in total. The van der Waals surface area contributed by atoms with Crippen LogP contribution < -0.4 is 0 Å². The Kier molecular flexibility index (Phi) is 7.25. The van der Waals surface area contributed by atoms with E-state index in [9.17, 15) is 9.59 Å². The summed E-state index contributed by atoms with van der Waals surface area (Å²) in [6, 6.07) is 0. The highest BCUT2D eigenvalue weighted by Crippen LogP contribution is 2.33. The predicted octanol–water partition coefficient (Wildman–Crippen LogP) is 3.12. The lowest BCUT2D eigenvalue weighted by molar-refractivity contribution is -0.145. The van der Waals surface area contributed by atoms with E-state index in [1.807, 2.05) is 6.92 Å². The summed E-state index contributed by atoms with van der Waals surface area (Å²) < 4.78 is 5.17. The van der Waals surface area contributed by atoms with Crippen LogP contribution in [0.3, 0.4) is 0 Å². The van der Waals surface area contributed by atoms with Crippen LogP contribution in [-0.4, -0.2) is 18.4 Å². The number of esters is 1. The Morgan fingerprint density at radius 2 is 2.16 bits per heavy atom. The van der Waals surface area contributed by atoms with Crippen molar-refractivity contribution in [2.45, 2.75) is 58.8 Å². The minimum Gasteiger partial charge on any atom is -0.466 e. The molecule has 0 aromatic carbocycles. The Hall–Kier alpha value is -1.30. The van der Waals surface area contributed by atoms with Gasteiger partial charge < -0.3 is 4.74 Å². The molecule has 0 N–H and O–H groups in total. The van der Waals surface area contributed by atoms with Crippen molar-refractivity contribution in [1.82, 2.24) is 0 Å². The van der Waals surface area contributed by atoms with Gasteiger partial charge in [0.15, 0.2) is 0 Å². The molecule has 2 unspecified atom stereocenters. The van der Waals surface area contributed by atoms with Gasteiger partial charge in [0.2, 0.25) is 0 Å². The second kappa shape index (κ2) is 8.74. The number of ketones is 1. The third-order valence-corrected chi connectivity index (χ3v) is 3.56. The van der Waals surface area contributed by atoms with Crippen LogP contribution in [-0.2, 0) is 14.3 Å². The largest absolute Gasteiger partial charge is 0.466 e. The molecule has 0 aliphatic heterocycles. The van der Waals surface area contributed by atoms with Crippen LogP contribution in [0.5, 0.6) is 0 Å². The third-order valence-electron chi connectivity index (χ3n) is 3.56. The van der Waals surface area contributed by atoms with Crippen LogP contribution in [0.1, 0.15) is 58.8 Å². The van der Waals surface area contributed by atoms with E-state index in [0.29, 0.717) is 25.9 Å². The monoisotopic (exact) mass is 264 g/mol. The van der Waals surface area contributed by atoms with Crippen molar-refractivity contribution in [2.24, 2.45) is 11.8 Å². The first-order chi connectivity index (χ1) is 9.19. The lowest BCUT2D eigenvalue weighted by Gasteiger charge is -2.15. The molecule has 2 atom stereocenters. The summed E-state index contributed by atoms with van der Waals surface area (Å²) in [5.74, 6) is 6.20. The second-order valence-electron chi connectivity index (χ2n) is 5.06. The molecule has 106 valence electrons. The molecule has 1 aliphatic carbocycles. The number of hydrogen-bond acceptors (Lipinski definition) is 3. The van der Waals surface area contributed by atoms with E-state index in [4.69, 9.17) is 4.74 Å². The Morgan fingerprint density at radius 1 is 1.37 bits per heavy atom. The first kappa shape index (κ1) is 15.8. The molecule has 1 aliphatic rings. The highest BCUT2D eigenvalue weighted by molar-refractivity contribution is 5.84. The molecule has 0 aromatic heterocycles. The van der Waals surface area contributed by atoms with Gasteiger partial charge in [0.05, 0.1) is 6.61 Å². The predicted molar refractivity (Wildman–Crippen MR) is 74.4 cm³/mol. The summed E-state index contributed by atoms with van der Waals surface area (Å²) in [6.07, 6.45) is 5.09. The topological polar surface area (TPSA) is 43.4 Å². The number of hydrogen-bond donors (Lipinski definition) is 0. The maximum Gasteiger partial charge on any atom is 0.306 e. The summed E-state index contributed by atoms with van der Waals surface area (Å²) in [5, 5.41) is 0. The molecule has 19 heavy (non-hydrogen) atoms. The van der Waals surface area contributed by atoms with Crippen LogP contribution >= 0.6 is 0 Å². The number of Topliss-reactive ketones (excluding diaryl/α,β-unsaturated/α-hetero) is 1. The average Bonchev–Trinajstić information content (AvgIpc) is 2.72. The molecule has 0 amide bonds. The highest BCUT2D eigenvalue weighted by Gasteiger charge is 2.35. The SMILES string of the molecule is CCC#CCC1C(=O)CCC1CC(=O)OCCCC. The van der Waals surface area contributed by atoms with Crippen molar-refractivity contribution < 1.29 is 14.3 Å². The minimum atomic E-state index is -0.165. The summed E-state index contributed by atoms with van der Waals surface area (Å²) in [5.41, 5.74) is 0. The number of rotatable bonds is 6. The van der Waals surface area contributed by atoms with Crippen LogP contribution in [0.4, 0.5) is 0 Å². The van der Waals surface area contributed by atoms with Crippen molar-refractivity contribution in [3.05, 3.63) is 0 Å². The fraction of sp³-hybridized carbons (Fsp3) is 0.750. The first-order valence-corrected chi connectivity index (χ1v) is 7.33. The smallest absolute Gasteiger partial charge is 0.306 e.